The Morgan fingerprint density at radius 3 is 2.20 bits per heavy atom. The van der Waals surface area contributed by atoms with E-state index in [2.05, 4.69) is 213 Å². The van der Waals surface area contributed by atoms with Gasteiger partial charge in [-0.1, -0.05) is 168 Å². The average molecular weight is 874 g/mol. The van der Waals surface area contributed by atoms with Gasteiger partial charge in [-0.15, -0.1) is 0 Å². The van der Waals surface area contributed by atoms with Crippen LogP contribution in [0.2, 0.25) is 0 Å². The smallest absolute Gasteiger partial charge is 0.141 e. The van der Waals surface area contributed by atoms with Gasteiger partial charge in [-0.25, -0.2) is 0 Å². The average Bonchev–Trinajstić information content (AvgIpc) is 3.74. The first kappa shape index (κ1) is 42.0. The third-order valence-corrected chi connectivity index (χ3v) is 17.3. The molecule has 5 aliphatic carbocycles. The zero-order chi connectivity index (χ0) is 44.9. The Labute approximate surface area is 392 Å². The van der Waals surface area contributed by atoms with Gasteiger partial charge in [0.05, 0.1) is 36.6 Å². The molecule has 1 aromatic heterocycles. The van der Waals surface area contributed by atoms with Gasteiger partial charge >= 0.3 is 0 Å². The van der Waals surface area contributed by atoms with Gasteiger partial charge in [-0.3, -0.25) is 16.0 Å². The maximum atomic E-state index is 6.80. The molecule has 6 heteroatoms. The highest BCUT2D eigenvalue weighted by molar-refractivity contribution is 5.83. The van der Waals surface area contributed by atoms with E-state index in [1.807, 2.05) is 0 Å². The number of nitrogens with zero attached hydrogens (tertiary/aromatic N) is 2. The molecule has 338 valence electrons. The predicted octanol–water partition coefficient (Wildman–Crippen LogP) is 11.0. The molecule has 0 saturated carbocycles. The van der Waals surface area contributed by atoms with Crippen LogP contribution in [0.25, 0.3) is 23.1 Å². The number of hydrogen-bond donors (Lipinski definition) is 3. The molecule has 12 rings (SSSR count). The topological polar surface area (TPSA) is 55.7 Å². The molecule has 8 aliphatic rings. The van der Waals surface area contributed by atoms with Gasteiger partial charge in [0.1, 0.15) is 11.0 Å². The lowest BCUT2D eigenvalue weighted by atomic mass is 9.61. The first-order chi connectivity index (χ1) is 32.1. The summed E-state index contributed by atoms with van der Waals surface area (Å²) in [6.07, 6.45) is 35.3. The maximum absolute atomic E-state index is 6.80. The first-order valence-corrected chi connectivity index (χ1v) is 25.2. The quantitative estimate of drug-likeness (QED) is 0.174. The second-order valence-corrected chi connectivity index (χ2v) is 21.5. The summed E-state index contributed by atoms with van der Waals surface area (Å²) in [4.78, 5) is 5.83. The molecule has 4 heterocycles. The number of hydrogen-bond acceptors (Lipinski definition) is 6. The van der Waals surface area contributed by atoms with E-state index in [0.717, 1.165) is 42.2 Å². The van der Waals surface area contributed by atoms with Crippen LogP contribution in [0.4, 0.5) is 5.69 Å². The summed E-state index contributed by atoms with van der Waals surface area (Å²) >= 11 is 0. The van der Waals surface area contributed by atoms with Crippen molar-refractivity contribution >= 4 is 28.8 Å². The van der Waals surface area contributed by atoms with Gasteiger partial charge in [0.15, 0.2) is 0 Å². The molecule has 10 unspecified atom stereocenters. The minimum atomic E-state index is -0.179. The van der Waals surface area contributed by atoms with Crippen LogP contribution in [-0.2, 0) is 5.41 Å². The Morgan fingerprint density at radius 1 is 0.697 bits per heavy atom. The van der Waals surface area contributed by atoms with E-state index in [1.165, 1.54) is 51.4 Å². The van der Waals surface area contributed by atoms with E-state index < -0.39 is 0 Å². The molecule has 0 spiro atoms. The number of rotatable bonds is 5. The van der Waals surface area contributed by atoms with Crippen LogP contribution in [-0.4, -0.2) is 35.2 Å². The first-order valence-electron chi connectivity index (χ1n) is 25.2. The molecule has 66 heavy (non-hydrogen) atoms. The molecule has 10 atom stereocenters. The number of nitrogens with one attached hydrogen (secondary N) is 3. The lowest BCUT2D eigenvalue weighted by molar-refractivity contribution is 0.0692. The summed E-state index contributed by atoms with van der Waals surface area (Å²) < 4.78 is 6.80. The van der Waals surface area contributed by atoms with E-state index in [1.54, 1.807) is 11.3 Å². The normalized spacial score (nSPS) is 33.3. The van der Waals surface area contributed by atoms with Crippen molar-refractivity contribution in [2.75, 3.05) is 4.90 Å². The minimum absolute atomic E-state index is 0.0394. The van der Waals surface area contributed by atoms with E-state index in [0.29, 0.717) is 11.8 Å². The Hall–Kier alpha value is -5.40. The molecular weight excluding hydrogens is 807 g/mol. The zero-order valence-corrected chi connectivity index (χ0v) is 39.7. The van der Waals surface area contributed by atoms with Crippen molar-refractivity contribution in [3.05, 3.63) is 183 Å². The summed E-state index contributed by atoms with van der Waals surface area (Å²) in [5, 5.41) is 14.9. The van der Waals surface area contributed by atoms with Crippen LogP contribution in [0.1, 0.15) is 109 Å². The molecule has 3 aliphatic heterocycles. The molecule has 1 saturated heterocycles. The fourth-order valence-corrected chi connectivity index (χ4v) is 14.0. The zero-order valence-electron chi connectivity index (χ0n) is 39.7. The van der Waals surface area contributed by atoms with Gasteiger partial charge in [0.25, 0.3) is 0 Å². The SMILES string of the molecule is C/C=C1/CCCC2=C1N(C1CC(N3c4ccccc4C(C)(C)C4C=CC=CC43)C(C3NC(c4ccccc4)NC(c4cccc5c6c(oc45)=CCCC=6)N3)=CC1C)C1C=CC=CC1C2(C)C. The number of allylic oxidation sites excluding steroid dienone is 7. The van der Waals surface area contributed by atoms with Crippen molar-refractivity contribution in [2.24, 2.45) is 23.2 Å². The maximum Gasteiger partial charge on any atom is 0.141 e. The van der Waals surface area contributed by atoms with Crippen LogP contribution in [0, 0.1) is 23.2 Å². The van der Waals surface area contributed by atoms with Crippen LogP contribution in [0.15, 0.2) is 160 Å². The van der Waals surface area contributed by atoms with Crippen molar-refractivity contribution in [3.63, 3.8) is 0 Å². The molecule has 1 fully saturated rings. The summed E-state index contributed by atoms with van der Waals surface area (Å²) in [6, 6.07) is 27.9. The van der Waals surface area contributed by atoms with Crippen LogP contribution in [0.5, 0.6) is 0 Å². The fourth-order valence-electron chi connectivity index (χ4n) is 14.0. The Balaban J connectivity index is 1.04. The summed E-state index contributed by atoms with van der Waals surface area (Å²) in [5.74, 6) is 1.00. The molecule has 3 aromatic carbocycles. The number of anilines is 1. The van der Waals surface area contributed by atoms with Crippen molar-refractivity contribution in [1.29, 1.82) is 0 Å². The Bertz CT molecular complexity index is 2920. The van der Waals surface area contributed by atoms with Crippen LogP contribution < -0.4 is 31.5 Å². The number of benzene rings is 3. The van der Waals surface area contributed by atoms with Gasteiger partial charge < -0.3 is 14.2 Å². The molecule has 4 aromatic rings. The molecule has 3 N–H and O–H groups in total. The van der Waals surface area contributed by atoms with E-state index >= 15 is 0 Å². The van der Waals surface area contributed by atoms with Crippen molar-refractivity contribution in [1.82, 2.24) is 20.9 Å². The Morgan fingerprint density at radius 2 is 1.39 bits per heavy atom. The van der Waals surface area contributed by atoms with Crippen LogP contribution >= 0.6 is 0 Å². The summed E-state index contributed by atoms with van der Waals surface area (Å²) in [5.41, 5.74) is 13.3. The fraction of sp³-hybridized carbons (Fsp3) is 0.400. The van der Waals surface area contributed by atoms with Crippen molar-refractivity contribution in [2.45, 2.75) is 128 Å². The van der Waals surface area contributed by atoms with Gasteiger partial charge in [0.2, 0.25) is 0 Å². The second kappa shape index (κ2) is 16.1. The number of furan rings is 1. The van der Waals surface area contributed by atoms with Gasteiger partial charge in [-0.2, -0.15) is 0 Å². The van der Waals surface area contributed by atoms with Gasteiger partial charge in [0, 0.05) is 50.8 Å². The standard InChI is InChI=1S/C60H67N5O/c1-7-38-23-19-30-47-54(38)65(50-33-17-14-29-46(50)60(47,5)6)51-36-52(64-48-31-15-12-27-44(48)59(3,4)45-28-13-16-32-49(45)64)43(35-37(51)2)58-62-56(39-21-9-8-10-22-39)61-57(63-58)42-26-20-25-41-40-24-11-18-34-53(40)66-55(41)42/h7-10,12-17,20-22,24-29,31-35,37,44,46,48,50-52,56-58,61-63H,11,18-19,23,30,36H2,1-6H3/b38-7-. The molecular formula is C60H67N5O. The van der Waals surface area contributed by atoms with Crippen molar-refractivity contribution in [3.8, 4) is 0 Å². The lowest BCUT2D eigenvalue weighted by Crippen LogP contribution is -2.66. The molecule has 0 radical (unpaired) electrons. The highest BCUT2D eigenvalue weighted by Crippen LogP contribution is 2.56. The highest BCUT2D eigenvalue weighted by Gasteiger charge is 2.54. The lowest BCUT2D eigenvalue weighted by Gasteiger charge is -2.60. The van der Waals surface area contributed by atoms with E-state index in [4.69, 9.17) is 4.42 Å². The monoisotopic (exact) mass is 874 g/mol. The molecule has 0 bridgehead atoms. The molecule has 0 amide bonds. The predicted molar refractivity (Wildman–Crippen MR) is 272 cm³/mol. The third-order valence-electron chi connectivity index (χ3n) is 17.3. The minimum Gasteiger partial charge on any atom is -0.456 e. The van der Waals surface area contributed by atoms with E-state index in [-0.39, 0.29) is 59.4 Å². The molecule has 6 nitrogen and oxygen atoms in total. The van der Waals surface area contributed by atoms with Gasteiger partial charge in [-0.05, 0) is 96.8 Å². The summed E-state index contributed by atoms with van der Waals surface area (Å²) in [7, 11) is 0. The highest BCUT2D eigenvalue weighted by atomic mass is 16.3. The number of para-hydroxylation sites is 2. The Kier molecular flexibility index (Phi) is 10.3. The largest absolute Gasteiger partial charge is 0.456 e. The third kappa shape index (κ3) is 6.53. The van der Waals surface area contributed by atoms with E-state index in [9.17, 15) is 0 Å². The number of fused-ring (bicyclic) bond motifs is 6. The summed E-state index contributed by atoms with van der Waals surface area (Å²) in [6.45, 7) is 14.8. The van der Waals surface area contributed by atoms with Crippen LogP contribution in [0.3, 0.4) is 0 Å². The van der Waals surface area contributed by atoms with Crippen molar-refractivity contribution < 1.29 is 4.42 Å². The second-order valence-electron chi connectivity index (χ2n) is 21.5.